The molecule has 1 aromatic rings. The molecule has 86 valence electrons. The molecule has 0 radical (unpaired) electrons. The van der Waals surface area contributed by atoms with Crippen molar-refractivity contribution in [3.05, 3.63) is 11.6 Å². The van der Waals surface area contributed by atoms with Crippen molar-refractivity contribution in [3.63, 3.8) is 0 Å². The minimum absolute atomic E-state index is 0.485. The summed E-state index contributed by atoms with van der Waals surface area (Å²) in [7, 11) is 0. The third-order valence-corrected chi connectivity index (χ3v) is 2.72. The molecule has 1 aliphatic rings. The predicted molar refractivity (Wildman–Crippen MR) is 57.1 cm³/mol. The average molecular weight is 221 g/mol. The molecule has 5 nitrogen and oxygen atoms in total. The molecule has 1 aliphatic carbocycles. The van der Waals surface area contributed by atoms with Gasteiger partial charge in [0.25, 0.3) is 0 Å². The van der Waals surface area contributed by atoms with Crippen molar-refractivity contribution in [2.45, 2.75) is 44.6 Å². The zero-order valence-corrected chi connectivity index (χ0v) is 9.13. The lowest BCUT2D eigenvalue weighted by atomic mass is 10.3. The van der Waals surface area contributed by atoms with Crippen LogP contribution >= 0.6 is 0 Å². The van der Waals surface area contributed by atoms with E-state index in [9.17, 15) is 9.59 Å². The molecular weight excluding hydrogens is 206 g/mol. The molecule has 1 fully saturated rings. The van der Waals surface area contributed by atoms with Gasteiger partial charge in [-0.15, -0.1) is 10.2 Å². The Balaban J connectivity index is 2.13. The topological polar surface area (TPSA) is 64.8 Å². The fourth-order valence-corrected chi connectivity index (χ4v) is 1.83. The van der Waals surface area contributed by atoms with Crippen LogP contribution in [0.2, 0.25) is 0 Å². The summed E-state index contributed by atoms with van der Waals surface area (Å²) in [5.74, 6) is 1.77. The van der Waals surface area contributed by atoms with Gasteiger partial charge in [0.2, 0.25) is 0 Å². The zero-order chi connectivity index (χ0) is 11.4. The van der Waals surface area contributed by atoms with Gasteiger partial charge in [0.1, 0.15) is 24.2 Å². The molecule has 0 amide bonds. The van der Waals surface area contributed by atoms with Crippen molar-refractivity contribution in [1.29, 1.82) is 0 Å². The zero-order valence-electron chi connectivity index (χ0n) is 9.13. The van der Waals surface area contributed by atoms with Gasteiger partial charge in [-0.25, -0.2) is 0 Å². The van der Waals surface area contributed by atoms with Crippen molar-refractivity contribution in [1.82, 2.24) is 14.8 Å². The van der Waals surface area contributed by atoms with Crippen LogP contribution in [0.1, 0.15) is 43.4 Å². The van der Waals surface area contributed by atoms with E-state index in [-0.39, 0.29) is 0 Å². The quantitative estimate of drug-likeness (QED) is 0.641. The van der Waals surface area contributed by atoms with E-state index in [2.05, 4.69) is 14.8 Å². The third kappa shape index (κ3) is 2.35. The fourth-order valence-electron chi connectivity index (χ4n) is 1.83. The second kappa shape index (κ2) is 5.01. The summed E-state index contributed by atoms with van der Waals surface area (Å²) in [5.41, 5.74) is 0. The van der Waals surface area contributed by atoms with Crippen molar-refractivity contribution >= 4 is 12.6 Å². The molecule has 1 aromatic heterocycles. The number of carbonyl (C=O) groups is 2. The summed E-state index contributed by atoms with van der Waals surface area (Å²) >= 11 is 0. The summed E-state index contributed by atoms with van der Waals surface area (Å²) in [6, 6.07) is 0.498. The SMILES string of the molecule is O=CCCc1nnc(CCC=O)n1C1CC1. The summed E-state index contributed by atoms with van der Waals surface area (Å²) < 4.78 is 2.12. The highest BCUT2D eigenvalue weighted by Crippen LogP contribution is 2.36. The molecule has 0 atom stereocenters. The normalized spacial score (nSPS) is 15.0. The maximum atomic E-state index is 10.4. The molecule has 0 N–H and O–H groups in total. The van der Waals surface area contributed by atoms with Gasteiger partial charge in [-0.3, -0.25) is 0 Å². The fraction of sp³-hybridized carbons (Fsp3) is 0.636. The molecule has 0 aromatic carbocycles. The maximum absolute atomic E-state index is 10.4. The molecule has 0 unspecified atom stereocenters. The lowest BCUT2D eigenvalue weighted by Gasteiger charge is -2.06. The lowest BCUT2D eigenvalue weighted by Crippen LogP contribution is -2.06. The van der Waals surface area contributed by atoms with Gasteiger partial charge < -0.3 is 14.2 Å². The molecule has 1 heterocycles. The van der Waals surface area contributed by atoms with Gasteiger partial charge in [-0.2, -0.15) is 0 Å². The lowest BCUT2D eigenvalue weighted by molar-refractivity contribution is -0.108. The van der Waals surface area contributed by atoms with Crippen LogP contribution in [0.25, 0.3) is 0 Å². The molecule has 0 saturated heterocycles. The van der Waals surface area contributed by atoms with Crippen LogP contribution in [0.4, 0.5) is 0 Å². The molecule has 0 aliphatic heterocycles. The van der Waals surface area contributed by atoms with Gasteiger partial charge >= 0.3 is 0 Å². The summed E-state index contributed by atoms with van der Waals surface area (Å²) in [6.07, 6.45) is 6.37. The molecule has 2 rings (SSSR count). The van der Waals surface area contributed by atoms with E-state index in [4.69, 9.17) is 0 Å². The highest BCUT2D eigenvalue weighted by molar-refractivity contribution is 5.50. The van der Waals surface area contributed by atoms with Gasteiger partial charge in [0.05, 0.1) is 0 Å². The van der Waals surface area contributed by atoms with Gasteiger partial charge in [0, 0.05) is 31.7 Å². The Kier molecular flexibility index (Phi) is 3.44. The molecule has 0 bridgehead atoms. The van der Waals surface area contributed by atoms with Crippen LogP contribution in [-0.2, 0) is 22.4 Å². The number of aromatic nitrogens is 3. The minimum atomic E-state index is 0.485. The number of aldehydes is 2. The Hall–Kier alpha value is -1.52. The van der Waals surface area contributed by atoms with Gasteiger partial charge in [-0.1, -0.05) is 0 Å². The van der Waals surface area contributed by atoms with Crippen LogP contribution in [0.3, 0.4) is 0 Å². The number of aryl methyl sites for hydroxylation is 2. The first kappa shape index (κ1) is 11.0. The smallest absolute Gasteiger partial charge is 0.133 e. The third-order valence-electron chi connectivity index (χ3n) is 2.72. The standard InChI is InChI=1S/C11H15N3O2/c15-7-1-3-10-12-13-11(4-2-8-16)14(10)9-5-6-9/h7-9H,1-6H2. The first-order valence-corrected chi connectivity index (χ1v) is 5.66. The second-order valence-electron chi connectivity index (χ2n) is 4.04. The van der Waals surface area contributed by atoms with Crippen molar-refractivity contribution in [3.8, 4) is 0 Å². The predicted octanol–water partition coefficient (Wildman–Crippen LogP) is 0.876. The number of carbonyl (C=O) groups excluding carboxylic acids is 2. The number of rotatable bonds is 7. The van der Waals surface area contributed by atoms with Crippen LogP contribution in [-0.4, -0.2) is 27.3 Å². The minimum Gasteiger partial charge on any atom is -0.312 e. The van der Waals surface area contributed by atoms with Gasteiger partial charge in [0.15, 0.2) is 0 Å². The Morgan fingerprint density at radius 1 is 1.06 bits per heavy atom. The monoisotopic (exact) mass is 221 g/mol. The van der Waals surface area contributed by atoms with E-state index in [1.165, 1.54) is 0 Å². The Labute approximate surface area is 93.9 Å². The van der Waals surface area contributed by atoms with Crippen molar-refractivity contribution in [2.24, 2.45) is 0 Å². The first-order chi connectivity index (χ1) is 7.86. The Morgan fingerprint density at radius 2 is 1.56 bits per heavy atom. The first-order valence-electron chi connectivity index (χ1n) is 5.66. The van der Waals surface area contributed by atoms with E-state index < -0.39 is 0 Å². The average Bonchev–Trinajstić information content (AvgIpc) is 3.06. The van der Waals surface area contributed by atoms with E-state index in [0.717, 1.165) is 37.1 Å². The molecule has 0 spiro atoms. The Bertz CT molecular complexity index is 353. The van der Waals surface area contributed by atoms with E-state index in [1.807, 2.05) is 0 Å². The summed E-state index contributed by atoms with van der Waals surface area (Å²) in [4.78, 5) is 20.7. The van der Waals surface area contributed by atoms with E-state index in [1.54, 1.807) is 0 Å². The number of hydrogen-bond donors (Lipinski definition) is 0. The second-order valence-corrected chi connectivity index (χ2v) is 4.04. The van der Waals surface area contributed by atoms with Crippen molar-refractivity contribution < 1.29 is 9.59 Å². The summed E-state index contributed by atoms with van der Waals surface area (Å²) in [5, 5.41) is 8.21. The van der Waals surface area contributed by atoms with Gasteiger partial charge in [-0.05, 0) is 12.8 Å². The van der Waals surface area contributed by atoms with E-state index >= 15 is 0 Å². The molecular formula is C11H15N3O2. The summed E-state index contributed by atoms with van der Waals surface area (Å²) in [6.45, 7) is 0. The molecule has 16 heavy (non-hydrogen) atoms. The van der Waals surface area contributed by atoms with Crippen LogP contribution < -0.4 is 0 Å². The maximum Gasteiger partial charge on any atom is 0.133 e. The highest BCUT2D eigenvalue weighted by Gasteiger charge is 2.28. The number of hydrogen-bond acceptors (Lipinski definition) is 4. The highest BCUT2D eigenvalue weighted by atomic mass is 16.1. The molecule has 5 heteroatoms. The van der Waals surface area contributed by atoms with E-state index in [0.29, 0.717) is 31.7 Å². The van der Waals surface area contributed by atoms with Crippen LogP contribution in [0, 0.1) is 0 Å². The van der Waals surface area contributed by atoms with Crippen LogP contribution in [0.5, 0.6) is 0 Å². The largest absolute Gasteiger partial charge is 0.312 e. The molecule has 1 saturated carbocycles. The Morgan fingerprint density at radius 3 is 1.94 bits per heavy atom. The van der Waals surface area contributed by atoms with Crippen molar-refractivity contribution in [2.75, 3.05) is 0 Å². The van der Waals surface area contributed by atoms with Crippen LogP contribution in [0.15, 0.2) is 0 Å². The number of nitrogens with zero attached hydrogens (tertiary/aromatic N) is 3.